The quantitative estimate of drug-likeness (QED) is 0.472. The zero-order chi connectivity index (χ0) is 15.4. The summed E-state index contributed by atoms with van der Waals surface area (Å²) in [5, 5.41) is 21.5. The van der Waals surface area contributed by atoms with E-state index in [2.05, 4.69) is 20.9 Å². The van der Waals surface area contributed by atoms with Crippen molar-refractivity contribution in [2.24, 2.45) is 4.99 Å². The summed E-state index contributed by atoms with van der Waals surface area (Å²) in [6.07, 6.45) is 1.35. The molecule has 0 fully saturated rings. The lowest BCUT2D eigenvalue weighted by atomic mass is 10.2. The van der Waals surface area contributed by atoms with Crippen LogP contribution in [-0.2, 0) is 0 Å². The number of rotatable bonds is 4. The first-order chi connectivity index (χ1) is 9.99. The molecule has 0 radical (unpaired) electrons. The Kier molecular flexibility index (Phi) is 4.39. The molecule has 0 aliphatic rings. The molecule has 106 valence electrons. The zero-order valence-corrected chi connectivity index (χ0v) is 12.1. The number of nitro groups is 2. The largest absolute Gasteiger partial charge is 0.278 e. The van der Waals surface area contributed by atoms with E-state index in [1.165, 1.54) is 30.5 Å². The SMILES string of the molecule is O=[N+]([O-])c1ccc(N=Cc2ccccc2[N+](=O)[O-])c(Br)c1. The van der Waals surface area contributed by atoms with Crippen LogP contribution in [0.2, 0.25) is 0 Å². The van der Waals surface area contributed by atoms with Crippen LogP contribution in [0.4, 0.5) is 17.1 Å². The topological polar surface area (TPSA) is 98.6 Å². The monoisotopic (exact) mass is 349 g/mol. The van der Waals surface area contributed by atoms with Crippen molar-refractivity contribution in [1.82, 2.24) is 0 Å². The summed E-state index contributed by atoms with van der Waals surface area (Å²) in [4.78, 5) is 24.6. The van der Waals surface area contributed by atoms with Gasteiger partial charge in [-0.15, -0.1) is 0 Å². The number of benzene rings is 2. The van der Waals surface area contributed by atoms with Gasteiger partial charge in [-0.25, -0.2) is 0 Å². The smallest absolute Gasteiger partial charge is 0.258 e. The number of hydrogen-bond donors (Lipinski definition) is 0. The summed E-state index contributed by atoms with van der Waals surface area (Å²) < 4.78 is 0.437. The number of nitro benzene ring substituents is 2. The lowest BCUT2D eigenvalue weighted by molar-refractivity contribution is -0.385. The Morgan fingerprint density at radius 3 is 2.38 bits per heavy atom. The first kappa shape index (κ1) is 14.8. The van der Waals surface area contributed by atoms with Crippen molar-refractivity contribution in [2.45, 2.75) is 0 Å². The van der Waals surface area contributed by atoms with Crippen LogP contribution in [0.25, 0.3) is 0 Å². The Morgan fingerprint density at radius 2 is 1.76 bits per heavy atom. The van der Waals surface area contributed by atoms with Crippen LogP contribution in [0.5, 0.6) is 0 Å². The normalized spacial score (nSPS) is 10.7. The van der Waals surface area contributed by atoms with Gasteiger partial charge in [-0.2, -0.15) is 0 Å². The number of non-ortho nitro benzene ring substituents is 1. The fourth-order valence-electron chi connectivity index (χ4n) is 1.62. The van der Waals surface area contributed by atoms with Gasteiger partial charge in [-0.05, 0) is 28.1 Å². The van der Waals surface area contributed by atoms with Crippen molar-refractivity contribution in [3.63, 3.8) is 0 Å². The van der Waals surface area contributed by atoms with Crippen molar-refractivity contribution in [3.05, 3.63) is 72.7 Å². The predicted octanol–water partition coefficient (Wildman–Crippen LogP) is 4.02. The highest BCUT2D eigenvalue weighted by Gasteiger charge is 2.11. The van der Waals surface area contributed by atoms with E-state index < -0.39 is 9.85 Å². The van der Waals surface area contributed by atoms with E-state index in [1.54, 1.807) is 18.2 Å². The molecule has 0 aromatic heterocycles. The first-order valence-corrected chi connectivity index (χ1v) is 6.50. The lowest BCUT2D eigenvalue weighted by Gasteiger charge is -1.99. The van der Waals surface area contributed by atoms with Crippen molar-refractivity contribution in [1.29, 1.82) is 0 Å². The zero-order valence-electron chi connectivity index (χ0n) is 10.5. The molecule has 2 rings (SSSR count). The summed E-state index contributed by atoms with van der Waals surface area (Å²) in [6.45, 7) is 0. The van der Waals surface area contributed by atoms with E-state index >= 15 is 0 Å². The Morgan fingerprint density at radius 1 is 1.05 bits per heavy atom. The maximum absolute atomic E-state index is 10.9. The minimum Gasteiger partial charge on any atom is -0.258 e. The number of para-hydroxylation sites is 1. The van der Waals surface area contributed by atoms with Gasteiger partial charge in [0.2, 0.25) is 0 Å². The molecule has 2 aromatic rings. The van der Waals surface area contributed by atoms with Crippen LogP contribution in [0.1, 0.15) is 5.56 Å². The number of hydrogen-bond acceptors (Lipinski definition) is 5. The molecule has 0 heterocycles. The first-order valence-electron chi connectivity index (χ1n) is 5.70. The Balaban J connectivity index is 2.34. The second-order valence-electron chi connectivity index (χ2n) is 3.97. The molecule has 0 saturated heterocycles. The standard InChI is InChI=1S/C13H8BrN3O4/c14-11-7-10(16(18)19)5-6-12(11)15-8-9-3-1-2-4-13(9)17(20)21/h1-8H. The Labute approximate surface area is 127 Å². The average Bonchev–Trinajstić information content (AvgIpc) is 2.46. The van der Waals surface area contributed by atoms with Gasteiger partial charge in [0.15, 0.2) is 0 Å². The third-order valence-electron chi connectivity index (χ3n) is 2.62. The summed E-state index contributed by atoms with van der Waals surface area (Å²) in [7, 11) is 0. The molecular formula is C13H8BrN3O4. The van der Waals surface area contributed by atoms with E-state index in [0.29, 0.717) is 15.7 Å². The highest BCUT2D eigenvalue weighted by atomic mass is 79.9. The van der Waals surface area contributed by atoms with E-state index in [1.807, 2.05) is 0 Å². The fourth-order valence-corrected chi connectivity index (χ4v) is 2.09. The molecule has 7 nitrogen and oxygen atoms in total. The molecule has 0 unspecified atom stereocenters. The van der Waals surface area contributed by atoms with E-state index in [-0.39, 0.29) is 11.4 Å². The van der Waals surface area contributed by atoms with E-state index in [0.717, 1.165) is 0 Å². The maximum Gasteiger partial charge on any atom is 0.278 e. The second-order valence-corrected chi connectivity index (χ2v) is 4.82. The molecule has 0 atom stereocenters. The van der Waals surface area contributed by atoms with Crippen molar-refractivity contribution in [3.8, 4) is 0 Å². The molecule has 0 aliphatic heterocycles. The molecule has 21 heavy (non-hydrogen) atoms. The molecule has 0 N–H and O–H groups in total. The van der Waals surface area contributed by atoms with Crippen molar-refractivity contribution >= 4 is 39.2 Å². The van der Waals surface area contributed by atoms with Gasteiger partial charge in [0, 0.05) is 28.9 Å². The van der Waals surface area contributed by atoms with E-state index in [4.69, 9.17) is 0 Å². The molecule has 0 saturated carbocycles. The number of aliphatic imine (C=N–C) groups is 1. The third kappa shape index (κ3) is 3.48. The van der Waals surface area contributed by atoms with Gasteiger partial charge in [0.1, 0.15) is 0 Å². The minimum absolute atomic E-state index is 0.0562. The van der Waals surface area contributed by atoms with Crippen LogP contribution >= 0.6 is 15.9 Å². The summed E-state index contributed by atoms with van der Waals surface area (Å²) >= 11 is 3.18. The van der Waals surface area contributed by atoms with Gasteiger partial charge >= 0.3 is 0 Å². The summed E-state index contributed by atoms with van der Waals surface area (Å²) in [5.74, 6) is 0. The van der Waals surface area contributed by atoms with Gasteiger partial charge in [0.25, 0.3) is 11.4 Å². The molecule has 2 aromatic carbocycles. The van der Waals surface area contributed by atoms with Crippen LogP contribution in [0.15, 0.2) is 51.9 Å². The second kappa shape index (κ2) is 6.23. The lowest BCUT2D eigenvalue weighted by Crippen LogP contribution is -1.93. The maximum atomic E-state index is 10.9. The molecule has 0 spiro atoms. The highest BCUT2D eigenvalue weighted by molar-refractivity contribution is 9.10. The molecule has 0 amide bonds. The van der Waals surface area contributed by atoms with E-state index in [9.17, 15) is 20.2 Å². The molecule has 0 bridgehead atoms. The van der Waals surface area contributed by atoms with Gasteiger partial charge in [-0.1, -0.05) is 12.1 Å². The van der Waals surface area contributed by atoms with Gasteiger partial charge < -0.3 is 0 Å². The Bertz CT molecular complexity index is 746. The van der Waals surface area contributed by atoms with Crippen LogP contribution < -0.4 is 0 Å². The van der Waals surface area contributed by atoms with Crippen LogP contribution in [-0.4, -0.2) is 16.1 Å². The predicted molar refractivity (Wildman–Crippen MR) is 81.1 cm³/mol. The highest BCUT2D eigenvalue weighted by Crippen LogP contribution is 2.29. The fraction of sp³-hybridized carbons (Fsp3) is 0. The third-order valence-corrected chi connectivity index (χ3v) is 3.25. The van der Waals surface area contributed by atoms with Crippen LogP contribution in [0, 0.1) is 20.2 Å². The van der Waals surface area contributed by atoms with Gasteiger partial charge in [0.05, 0.1) is 21.1 Å². The van der Waals surface area contributed by atoms with Crippen LogP contribution in [0.3, 0.4) is 0 Å². The number of halogens is 1. The molecular weight excluding hydrogens is 342 g/mol. The minimum atomic E-state index is -0.514. The van der Waals surface area contributed by atoms with Crippen molar-refractivity contribution in [2.75, 3.05) is 0 Å². The number of nitrogens with zero attached hydrogens (tertiary/aromatic N) is 3. The van der Waals surface area contributed by atoms with Crippen molar-refractivity contribution < 1.29 is 9.85 Å². The average molecular weight is 350 g/mol. The summed E-state index contributed by atoms with van der Waals surface area (Å²) in [5.41, 5.74) is 0.678. The molecule has 0 aliphatic carbocycles. The summed E-state index contributed by atoms with van der Waals surface area (Å²) in [6, 6.07) is 10.3. The molecule has 8 heteroatoms. The Hall–Kier alpha value is -2.61. The van der Waals surface area contributed by atoms with Gasteiger partial charge in [-0.3, -0.25) is 25.2 Å².